The third-order valence-electron chi connectivity index (χ3n) is 4.30. The molecule has 3 unspecified atom stereocenters. The van der Waals surface area contributed by atoms with Crippen molar-refractivity contribution in [3.63, 3.8) is 0 Å². The van der Waals surface area contributed by atoms with Crippen molar-refractivity contribution in [2.24, 2.45) is 5.92 Å². The fourth-order valence-corrected chi connectivity index (χ4v) is 3.40. The average molecular weight is 388 g/mol. The number of benzene rings is 2. The van der Waals surface area contributed by atoms with Gasteiger partial charge in [-0.1, -0.05) is 58.4 Å². The Morgan fingerprint density at radius 2 is 1.92 bits per heavy atom. The Balaban J connectivity index is 1.67. The molecule has 0 aliphatic heterocycles. The molecule has 0 spiro atoms. The van der Waals surface area contributed by atoms with Crippen LogP contribution in [0.3, 0.4) is 0 Å². The van der Waals surface area contributed by atoms with Gasteiger partial charge in [0.15, 0.2) is 0 Å². The molecule has 1 amide bonds. The first-order valence-electron chi connectivity index (χ1n) is 7.87. The first-order valence-corrected chi connectivity index (χ1v) is 8.66. The molecule has 0 bridgehead atoms. The number of hydrogen-bond donors (Lipinski definition) is 2. The molecule has 1 aliphatic carbocycles. The second-order valence-electron chi connectivity index (χ2n) is 6.07. The van der Waals surface area contributed by atoms with E-state index in [9.17, 15) is 9.59 Å². The van der Waals surface area contributed by atoms with Crippen molar-refractivity contribution in [1.29, 1.82) is 0 Å². The minimum atomic E-state index is -0.927. The summed E-state index contributed by atoms with van der Waals surface area (Å²) >= 11 is 3.45. The van der Waals surface area contributed by atoms with Crippen LogP contribution < -0.4 is 5.32 Å². The van der Waals surface area contributed by atoms with Gasteiger partial charge in [0, 0.05) is 10.4 Å². The molecule has 2 aromatic carbocycles. The van der Waals surface area contributed by atoms with Gasteiger partial charge in [0.05, 0.1) is 12.5 Å². The zero-order valence-corrected chi connectivity index (χ0v) is 14.6. The van der Waals surface area contributed by atoms with Crippen LogP contribution in [0, 0.1) is 5.92 Å². The van der Waals surface area contributed by atoms with Crippen molar-refractivity contribution in [2.75, 3.05) is 0 Å². The first-order chi connectivity index (χ1) is 11.5. The molecule has 1 fully saturated rings. The number of carboxylic acids is 1. The largest absolute Gasteiger partial charge is 0.481 e. The minimum absolute atomic E-state index is 0.0740. The highest BCUT2D eigenvalue weighted by Crippen LogP contribution is 2.48. The molecule has 3 atom stereocenters. The summed E-state index contributed by atoms with van der Waals surface area (Å²) in [6.07, 6.45) is 0.681. The number of halogens is 1. The summed E-state index contributed by atoms with van der Waals surface area (Å²) in [5.41, 5.74) is 1.95. The molecule has 0 aromatic heterocycles. The summed E-state index contributed by atoms with van der Waals surface area (Å²) in [7, 11) is 0. The SMILES string of the molecule is O=C(O)CC(NC(=O)C1CC1c1cccc(Br)c1)c1ccccc1. The van der Waals surface area contributed by atoms with E-state index in [4.69, 9.17) is 5.11 Å². The van der Waals surface area contributed by atoms with E-state index in [0.717, 1.165) is 22.0 Å². The number of carboxylic acid groups (broad SMARTS) is 1. The Labute approximate surface area is 149 Å². The molecule has 0 radical (unpaired) electrons. The lowest BCUT2D eigenvalue weighted by Gasteiger charge is -2.17. The molecule has 4 nitrogen and oxygen atoms in total. The highest BCUT2D eigenvalue weighted by molar-refractivity contribution is 9.10. The van der Waals surface area contributed by atoms with Gasteiger partial charge in [-0.15, -0.1) is 0 Å². The zero-order chi connectivity index (χ0) is 17.1. The Morgan fingerprint density at radius 3 is 2.58 bits per heavy atom. The average Bonchev–Trinajstić information content (AvgIpc) is 3.35. The van der Waals surface area contributed by atoms with Crippen LogP contribution in [0.2, 0.25) is 0 Å². The maximum atomic E-state index is 12.5. The van der Waals surface area contributed by atoms with Gasteiger partial charge in [0.2, 0.25) is 5.91 Å². The van der Waals surface area contributed by atoms with Crippen LogP contribution in [0.4, 0.5) is 0 Å². The number of aliphatic carboxylic acids is 1. The zero-order valence-electron chi connectivity index (χ0n) is 13.0. The van der Waals surface area contributed by atoms with E-state index in [-0.39, 0.29) is 24.2 Å². The lowest BCUT2D eigenvalue weighted by atomic mass is 10.0. The van der Waals surface area contributed by atoms with Gasteiger partial charge in [0.1, 0.15) is 0 Å². The number of rotatable bonds is 6. The lowest BCUT2D eigenvalue weighted by molar-refractivity contribution is -0.137. The molecule has 3 rings (SSSR count). The molecule has 1 saturated carbocycles. The number of carbonyl (C=O) groups excluding carboxylic acids is 1. The summed E-state index contributed by atoms with van der Waals surface area (Å²) in [6.45, 7) is 0. The maximum absolute atomic E-state index is 12.5. The van der Waals surface area contributed by atoms with Gasteiger partial charge in [-0.3, -0.25) is 9.59 Å². The Morgan fingerprint density at radius 1 is 1.17 bits per heavy atom. The maximum Gasteiger partial charge on any atom is 0.305 e. The van der Waals surface area contributed by atoms with E-state index in [2.05, 4.69) is 21.2 Å². The van der Waals surface area contributed by atoms with Crippen molar-refractivity contribution in [1.82, 2.24) is 5.32 Å². The van der Waals surface area contributed by atoms with Crippen LogP contribution in [0.25, 0.3) is 0 Å². The topological polar surface area (TPSA) is 66.4 Å². The van der Waals surface area contributed by atoms with E-state index >= 15 is 0 Å². The first kappa shape index (κ1) is 16.7. The predicted octanol–water partition coefficient (Wildman–Crippen LogP) is 3.88. The molecular formula is C19H18BrNO3. The second-order valence-corrected chi connectivity index (χ2v) is 6.99. The van der Waals surface area contributed by atoms with Gasteiger partial charge >= 0.3 is 5.97 Å². The van der Waals surface area contributed by atoms with Crippen molar-refractivity contribution >= 4 is 27.8 Å². The molecule has 0 heterocycles. The van der Waals surface area contributed by atoms with Crippen molar-refractivity contribution in [3.05, 3.63) is 70.2 Å². The predicted molar refractivity (Wildman–Crippen MR) is 94.6 cm³/mol. The third-order valence-corrected chi connectivity index (χ3v) is 4.79. The molecule has 2 aromatic rings. The standard InChI is InChI=1S/C19H18BrNO3/c20-14-8-4-7-13(9-14)15-10-16(15)19(24)21-17(11-18(22)23)12-5-2-1-3-6-12/h1-9,15-17H,10-11H2,(H,21,24)(H,22,23). The van der Waals surface area contributed by atoms with Crippen molar-refractivity contribution < 1.29 is 14.7 Å². The van der Waals surface area contributed by atoms with Gasteiger partial charge in [-0.25, -0.2) is 0 Å². The number of hydrogen-bond acceptors (Lipinski definition) is 2. The Kier molecular flexibility index (Phi) is 5.00. The van der Waals surface area contributed by atoms with E-state index in [1.807, 2.05) is 54.6 Å². The summed E-state index contributed by atoms with van der Waals surface area (Å²) in [5, 5.41) is 12.0. The van der Waals surface area contributed by atoms with Crippen LogP contribution >= 0.6 is 15.9 Å². The van der Waals surface area contributed by atoms with Crippen LogP contribution in [-0.4, -0.2) is 17.0 Å². The fraction of sp³-hybridized carbons (Fsp3) is 0.263. The highest BCUT2D eigenvalue weighted by atomic mass is 79.9. The lowest BCUT2D eigenvalue weighted by Crippen LogP contribution is -2.31. The Bertz CT molecular complexity index is 747. The summed E-state index contributed by atoms with van der Waals surface area (Å²) in [4.78, 5) is 23.6. The van der Waals surface area contributed by atoms with Gasteiger partial charge in [0.25, 0.3) is 0 Å². The second kappa shape index (κ2) is 7.18. The van der Waals surface area contributed by atoms with Crippen molar-refractivity contribution in [2.45, 2.75) is 24.8 Å². The quantitative estimate of drug-likeness (QED) is 0.789. The molecule has 1 aliphatic rings. The van der Waals surface area contributed by atoms with Crippen LogP contribution in [0.15, 0.2) is 59.1 Å². The third kappa shape index (κ3) is 4.03. The van der Waals surface area contributed by atoms with Crippen LogP contribution in [0.1, 0.15) is 35.9 Å². The van der Waals surface area contributed by atoms with Gasteiger partial charge in [-0.05, 0) is 35.6 Å². The van der Waals surface area contributed by atoms with E-state index in [1.165, 1.54) is 0 Å². The van der Waals surface area contributed by atoms with E-state index in [0.29, 0.717) is 0 Å². The summed E-state index contributed by atoms with van der Waals surface area (Å²) in [5.74, 6) is -0.873. The van der Waals surface area contributed by atoms with Gasteiger partial charge in [-0.2, -0.15) is 0 Å². The molecule has 5 heteroatoms. The van der Waals surface area contributed by atoms with Gasteiger partial charge < -0.3 is 10.4 Å². The molecule has 0 saturated heterocycles. The van der Waals surface area contributed by atoms with Crippen LogP contribution in [-0.2, 0) is 9.59 Å². The monoisotopic (exact) mass is 387 g/mol. The molecule has 124 valence electrons. The summed E-state index contributed by atoms with van der Waals surface area (Å²) in [6, 6.07) is 16.7. The van der Waals surface area contributed by atoms with E-state index < -0.39 is 12.0 Å². The molecule has 24 heavy (non-hydrogen) atoms. The molecule has 2 N–H and O–H groups in total. The smallest absolute Gasteiger partial charge is 0.305 e. The van der Waals surface area contributed by atoms with E-state index in [1.54, 1.807) is 0 Å². The van der Waals surface area contributed by atoms with Crippen LogP contribution in [0.5, 0.6) is 0 Å². The number of nitrogens with one attached hydrogen (secondary N) is 1. The normalized spacial score (nSPS) is 20.2. The number of amides is 1. The minimum Gasteiger partial charge on any atom is -0.481 e. The van der Waals surface area contributed by atoms with Crippen molar-refractivity contribution in [3.8, 4) is 0 Å². The Hall–Kier alpha value is -2.14. The highest BCUT2D eigenvalue weighted by Gasteiger charge is 2.44. The molecular weight excluding hydrogens is 370 g/mol. The fourth-order valence-electron chi connectivity index (χ4n) is 2.98. The number of carbonyl (C=O) groups is 2. The summed E-state index contributed by atoms with van der Waals surface area (Å²) < 4.78 is 0.999.